The lowest BCUT2D eigenvalue weighted by atomic mass is 10.1. The summed E-state index contributed by atoms with van der Waals surface area (Å²) in [6.07, 6.45) is 7.93. The van der Waals surface area contributed by atoms with Crippen LogP contribution in [0.4, 0.5) is 0 Å². The highest BCUT2D eigenvalue weighted by atomic mass is 16.1. The zero-order chi connectivity index (χ0) is 18.4. The Morgan fingerprint density at radius 1 is 1.08 bits per heavy atom. The van der Waals surface area contributed by atoms with Crippen molar-refractivity contribution in [3.05, 3.63) is 59.9 Å². The van der Waals surface area contributed by atoms with Gasteiger partial charge in [-0.15, -0.1) is 0 Å². The molecule has 0 bridgehead atoms. The number of rotatable bonds is 8. The van der Waals surface area contributed by atoms with Crippen molar-refractivity contribution in [3.8, 4) is 5.69 Å². The van der Waals surface area contributed by atoms with Gasteiger partial charge in [0.25, 0.3) is 5.91 Å². The van der Waals surface area contributed by atoms with Crippen LogP contribution < -0.4 is 9.88 Å². The lowest BCUT2D eigenvalue weighted by Gasteiger charge is -2.05. The number of hydrogen-bond acceptors (Lipinski definition) is 1. The van der Waals surface area contributed by atoms with Crippen molar-refractivity contribution < 1.29 is 9.36 Å². The highest BCUT2D eigenvalue weighted by Crippen LogP contribution is 2.14. The molecule has 4 nitrogen and oxygen atoms in total. The second kappa shape index (κ2) is 8.65. The molecule has 0 saturated carbocycles. The van der Waals surface area contributed by atoms with Gasteiger partial charge >= 0.3 is 0 Å². The van der Waals surface area contributed by atoms with Gasteiger partial charge in [0.15, 0.2) is 11.0 Å². The molecule has 0 aliphatic heterocycles. The van der Waals surface area contributed by atoms with Gasteiger partial charge in [0.2, 0.25) is 6.33 Å². The quantitative estimate of drug-likeness (QED) is 0.457. The Morgan fingerprint density at radius 3 is 2.73 bits per heavy atom. The van der Waals surface area contributed by atoms with Gasteiger partial charge in [-0.05, 0) is 43.2 Å². The number of unbranched alkanes of at least 4 members (excludes halogenated alkanes) is 4. The second-order valence-electron chi connectivity index (χ2n) is 6.88. The summed E-state index contributed by atoms with van der Waals surface area (Å²) in [7, 11) is 0. The van der Waals surface area contributed by atoms with E-state index in [9.17, 15) is 4.79 Å². The summed E-state index contributed by atoms with van der Waals surface area (Å²) in [6, 6.07) is 14.2. The van der Waals surface area contributed by atoms with Crippen LogP contribution >= 0.6 is 0 Å². The van der Waals surface area contributed by atoms with Crippen molar-refractivity contribution in [2.75, 3.05) is 6.54 Å². The summed E-state index contributed by atoms with van der Waals surface area (Å²) in [5.41, 5.74) is 5.05. The van der Waals surface area contributed by atoms with Crippen LogP contribution in [0.5, 0.6) is 0 Å². The fourth-order valence-electron chi connectivity index (χ4n) is 3.23. The number of imidazole rings is 1. The number of nitrogens with one attached hydrogen (secondary N) is 2. The third-order valence-corrected chi connectivity index (χ3v) is 4.71. The Bertz CT molecular complexity index is 882. The van der Waals surface area contributed by atoms with E-state index in [-0.39, 0.29) is 5.91 Å². The number of hydrogen-bond donors (Lipinski definition) is 2. The Labute approximate surface area is 155 Å². The standard InChI is InChI=1S/C22H27N3O/c1-3-4-5-6-7-13-23-22(26)18-11-12-21-20(15-18)24-16-25(21)19-10-8-9-17(2)14-19/h8-12,14-16H,3-7,13H2,1-2H3,(H,23,26)/p+1. The number of aromatic nitrogens is 2. The molecular weight excluding hydrogens is 322 g/mol. The molecule has 3 rings (SSSR count). The first kappa shape index (κ1) is 18.2. The van der Waals surface area contributed by atoms with Crippen LogP contribution in [-0.2, 0) is 0 Å². The van der Waals surface area contributed by atoms with E-state index in [1.165, 1.54) is 31.2 Å². The molecule has 2 aromatic carbocycles. The first-order chi connectivity index (χ1) is 12.7. The van der Waals surface area contributed by atoms with E-state index >= 15 is 0 Å². The first-order valence-electron chi connectivity index (χ1n) is 9.57. The van der Waals surface area contributed by atoms with Gasteiger partial charge in [0.05, 0.1) is 0 Å². The molecule has 0 saturated heterocycles. The topological polar surface area (TPSA) is 48.8 Å². The van der Waals surface area contributed by atoms with E-state index in [0.29, 0.717) is 5.56 Å². The molecule has 0 atom stereocenters. The van der Waals surface area contributed by atoms with Gasteiger partial charge < -0.3 is 5.32 Å². The van der Waals surface area contributed by atoms with Gasteiger partial charge in [-0.1, -0.05) is 44.7 Å². The van der Waals surface area contributed by atoms with E-state index in [4.69, 9.17) is 0 Å². The van der Waals surface area contributed by atoms with E-state index < -0.39 is 0 Å². The average molecular weight is 350 g/mol. The zero-order valence-electron chi connectivity index (χ0n) is 15.7. The summed E-state index contributed by atoms with van der Waals surface area (Å²) < 4.78 is 2.11. The Morgan fingerprint density at radius 2 is 1.92 bits per heavy atom. The van der Waals surface area contributed by atoms with Crippen LogP contribution in [0, 0.1) is 6.92 Å². The number of fused-ring (bicyclic) bond motifs is 1. The Hall–Kier alpha value is -2.62. The molecule has 0 aliphatic carbocycles. The molecule has 136 valence electrons. The van der Waals surface area contributed by atoms with Gasteiger partial charge in [0.1, 0.15) is 5.69 Å². The number of carbonyl (C=O) groups is 1. The molecule has 3 aromatic rings. The summed E-state index contributed by atoms with van der Waals surface area (Å²) in [5, 5.41) is 3.03. The van der Waals surface area contributed by atoms with Crippen molar-refractivity contribution in [2.45, 2.75) is 46.0 Å². The van der Waals surface area contributed by atoms with Crippen LogP contribution in [0.3, 0.4) is 0 Å². The Kier molecular flexibility index (Phi) is 6.05. The summed E-state index contributed by atoms with van der Waals surface area (Å²) in [4.78, 5) is 15.6. The molecule has 4 heteroatoms. The fraction of sp³-hybridized carbons (Fsp3) is 0.364. The molecule has 0 spiro atoms. The molecule has 0 aliphatic rings. The van der Waals surface area contributed by atoms with Crippen LogP contribution in [0.25, 0.3) is 16.7 Å². The van der Waals surface area contributed by atoms with Crippen LogP contribution in [0.1, 0.15) is 54.9 Å². The molecule has 26 heavy (non-hydrogen) atoms. The van der Waals surface area contributed by atoms with Gasteiger partial charge in [-0.3, -0.25) is 4.79 Å². The number of benzene rings is 2. The van der Waals surface area contributed by atoms with Crippen molar-refractivity contribution in [2.24, 2.45) is 0 Å². The van der Waals surface area contributed by atoms with Crippen LogP contribution in [0.15, 0.2) is 48.8 Å². The number of aromatic amines is 1. The maximum Gasteiger partial charge on any atom is 0.251 e. The number of carbonyl (C=O) groups excluding carboxylic acids is 1. The van der Waals surface area contributed by atoms with E-state index in [0.717, 1.165) is 29.7 Å². The molecule has 0 radical (unpaired) electrons. The number of H-pyrrole nitrogens is 1. The normalized spacial score (nSPS) is 11.0. The highest BCUT2D eigenvalue weighted by Gasteiger charge is 2.14. The first-order valence-corrected chi connectivity index (χ1v) is 9.57. The van der Waals surface area contributed by atoms with Crippen molar-refractivity contribution in [1.29, 1.82) is 0 Å². The summed E-state index contributed by atoms with van der Waals surface area (Å²) >= 11 is 0. The maximum atomic E-state index is 12.4. The molecule has 1 aromatic heterocycles. The van der Waals surface area contributed by atoms with Gasteiger partial charge in [-0.2, -0.15) is 4.57 Å². The lowest BCUT2D eigenvalue weighted by Crippen LogP contribution is -2.28. The lowest BCUT2D eigenvalue weighted by molar-refractivity contribution is -0.567. The molecular formula is C22H28N3O+. The van der Waals surface area contributed by atoms with E-state index in [2.05, 4.69) is 53.0 Å². The van der Waals surface area contributed by atoms with Crippen LogP contribution in [0.2, 0.25) is 0 Å². The summed E-state index contributed by atoms with van der Waals surface area (Å²) in [5.74, 6) is -0.000836. The van der Waals surface area contributed by atoms with Crippen LogP contribution in [-0.4, -0.2) is 17.4 Å². The smallest absolute Gasteiger partial charge is 0.251 e. The SMILES string of the molecule is CCCCCCCNC(=O)c1ccc2c(c1)[nH]c[n+]2-c1cccc(C)c1. The average Bonchev–Trinajstić information content (AvgIpc) is 3.07. The van der Waals surface area contributed by atoms with Crippen molar-refractivity contribution >= 4 is 16.9 Å². The largest absolute Gasteiger partial charge is 0.352 e. The molecule has 1 amide bonds. The third-order valence-electron chi connectivity index (χ3n) is 4.71. The fourth-order valence-corrected chi connectivity index (χ4v) is 3.23. The highest BCUT2D eigenvalue weighted by molar-refractivity contribution is 5.96. The predicted octanol–water partition coefficient (Wildman–Crippen LogP) is 4.45. The molecule has 0 fully saturated rings. The Balaban J connectivity index is 1.67. The van der Waals surface area contributed by atoms with Crippen molar-refractivity contribution in [1.82, 2.24) is 10.3 Å². The maximum absolute atomic E-state index is 12.4. The van der Waals surface area contributed by atoms with Gasteiger partial charge in [-0.25, -0.2) is 4.98 Å². The summed E-state index contributed by atoms with van der Waals surface area (Å²) in [6.45, 7) is 5.04. The minimum atomic E-state index is -0.000836. The molecule has 0 unspecified atom stereocenters. The molecule has 2 N–H and O–H groups in total. The number of amides is 1. The minimum absolute atomic E-state index is 0.000836. The monoisotopic (exact) mass is 350 g/mol. The van der Waals surface area contributed by atoms with Crippen molar-refractivity contribution in [3.63, 3.8) is 0 Å². The van der Waals surface area contributed by atoms with E-state index in [1.54, 1.807) is 0 Å². The zero-order valence-corrected chi connectivity index (χ0v) is 15.7. The predicted molar refractivity (Wildman–Crippen MR) is 106 cm³/mol. The third kappa shape index (κ3) is 4.31. The number of aryl methyl sites for hydroxylation is 1. The number of nitrogens with zero attached hydrogens (tertiary/aromatic N) is 1. The molecule has 1 heterocycles. The van der Waals surface area contributed by atoms with Gasteiger partial charge in [0, 0.05) is 18.2 Å². The second-order valence-corrected chi connectivity index (χ2v) is 6.88. The van der Waals surface area contributed by atoms with E-state index in [1.807, 2.05) is 24.5 Å². The minimum Gasteiger partial charge on any atom is -0.352 e.